The summed E-state index contributed by atoms with van der Waals surface area (Å²) in [7, 11) is 0. The summed E-state index contributed by atoms with van der Waals surface area (Å²) in [6, 6.07) is 0. The average molecular weight is 477 g/mol. The van der Waals surface area contributed by atoms with Crippen LogP contribution in [0.4, 0.5) is 0 Å². The van der Waals surface area contributed by atoms with Gasteiger partial charge in [-0.25, -0.2) is 0 Å². The fourth-order valence-corrected chi connectivity index (χ4v) is 11.8. The summed E-state index contributed by atoms with van der Waals surface area (Å²) in [5, 5.41) is 44.6. The van der Waals surface area contributed by atoms with Crippen molar-refractivity contribution in [2.75, 3.05) is 6.61 Å². The monoisotopic (exact) mass is 476 g/mol. The van der Waals surface area contributed by atoms with Gasteiger partial charge in [0.2, 0.25) is 0 Å². The highest BCUT2D eigenvalue weighted by atomic mass is 16.3. The quantitative estimate of drug-likeness (QED) is 0.414. The smallest absolute Gasteiger partial charge is 0.0686 e. The molecule has 5 rings (SSSR count). The minimum Gasteiger partial charge on any atom is -0.396 e. The summed E-state index contributed by atoms with van der Waals surface area (Å²) >= 11 is 0. The third kappa shape index (κ3) is 3.16. The molecule has 5 fully saturated rings. The molecule has 4 heteroatoms. The summed E-state index contributed by atoms with van der Waals surface area (Å²) in [6.45, 7) is 14.1. The van der Waals surface area contributed by atoms with Crippen molar-refractivity contribution in [2.24, 2.45) is 50.7 Å². The molecule has 0 aliphatic heterocycles. The molecule has 5 aliphatic carbocycles. The van der Waals surface area contributed by atoms with Crippen molar-refractivity contribution in [1.29, 1.82) is 0 Å². The first-order valence-corrected chi connectivity index (χ1v) is 14.4. The lowest BCUT2D eigenvalue weighted by Gasteiger charge is -2.65. The number of aliphatic hydroxyl groups excluding tert-OH is 3. The van der Waals surface area contributed by atoms with E-state index in [-0.39, 0.29) is 46.2 Å². The van der Waals surface area contributed by atoms with Crippen LogP contribution >= 0.6 is 0 Å². The predicted molar refractivity (Wildman–Crippen MR) is 135 cm³/mol. The highest BCUT2D eigenvalue weighted by molar-refractivity contribution is 5.17. The van der Waals surface area contributed by atoms with Crippen molar-refractivity contribution in [3.8, 4) is 0 Å². The molecule has 34 heavy (non-hydrogen) atoms. The van der Waals surface area contributed by atoms with Crippen molar-refractivity contribution in [1.82, 2.24) is 0 Å². The normalized spacial score (nSPS) is 59.1. The molecular weight excluding hydrogens is 424 g/mol. The standard InChI is InChI=1S/C30H52O4/c1-25(2)19-9-13-26(3)17-30(34)16-10-21-28(5,15-12-24(33)29(21,6)18-31)22(30)8-7-20(26)27(19,4)14-11-23(25)32/h19-24,31-34H,7-18H2,1-6H3/t19-,20+,21+,22+,23-,24-,26-,27-,28-,29+,30-/m0/s1. The van der Waals surface area contributed by atoms with Crippen LogP contribution in [-0.2, 0) is 0 Å². The number of fused-ring (bicyclic) bond motifs is 6. The van der Waals surface area contributed by atoms with E-state index in [4.69, 9.17) is 0 Å². The molecule has 0 aromatic rings. The van der Waals surface area contributed by atoms with Gasteiger partial charge >= 0.3 is 0 Å². The van der Waals surface area contributed by atoms with E-state index in [9.17, 15) is 20.4 Å². The molecule has 11 atom stereocenters. The van der Waals surface area contributed by atoms with E-state index in [0.29, 0.717) is 11.8 Å². The summed E-state index contributed by atoms with van der Waals surface area (Å²) in [5.74, 6) is 1.57. The lowest BCUT2D eigenvalue weighted by atomic mass is 9.41. The Morgan fingerprint density at radius 2 is 1.18 bits per heavy atom. The predicted octanol–water partition coefficient (Wildman–Crippen LogP) is 5.31. The molecule has 5 aliphatic rings. The van der Waals surface area contributed by atoms with Crippen LogP contribution in [0, 0.1) is 50.7 Å². The van der Waals surface area contributed by atoms with Crippen LogP contribution in [0.3, 0.4) is 0 Å². The minimum absolute atomic E-state index is 0.0249. The maximum atomic E-state index is 12.4. The Hall–Kier alpha value is -0.160. The lowest BCUT2D eigenvalue weighted by Crippen LogP contribution is -2.63. The first-order chi connectivity index (χ1) is 15.7. The molecule has 0 spiro atoms. The van der Waals surface area contributed by atoms with Crippen LogP contribution in [0.5, 0.6) is 0 Å². The van der Waals surface area contributed by atoms with Gasteiger partial charge in [-0.15, -0.1) is 0 Å². The van der Waals surface area contributed by atoms with Crippen LogP contribution in [0.15, 0.2) is 0 Å². The van der Waals surface area contributed by atoms with E-state index in [1.165, 1.54) is 0 Å². The fourth-order valence-electron chi connectivity index (χ4n) is 11.8. The van der Waals surface area contributed by atoms with Gasteiger partial charge in [-0.3, -0.25) is 0 Å². The Labute approximate surface area is 207 Å². The second kappa shape index (κ2) is 7.68. The number of hydrogen-bond donors (Lipinski definition) is 4. The summed E-state index contributed by atoms with van der Waals surface area (Å²) in [5.41, 5.74) is -0.884. The van der Waals surface area contributed by atoms with Crippen LogP contribution in [0.25, 0.3) is 0 Å². The second-order valence-corrected chi connectivity index (χ2v) is 15.4. The average Bonchev–Trinajstić information content (AvgIpc) is 2.88. The van der Waals surface area contributed by atoms with E-state index in [0.717, 1.165) is 70.6 Å². The van der Waals surface area contributed by atoms with Gasteiger partial charge in [-0.05, 0) is 116 Å². The molecule has 4 N–H and O–H groups in total. The molecule has 0 aromatic heterocycles. The van der Waals surface area contributed by atoms with Gasteiger partial charge < -0.3 is 20.4 Å². The Balaban J connectivity index is 1.52. The van der Waals surface area contributed by atoms with Gasteiger partial charge in [0.25, 0.3) is 0 Å². The number of hydrogen-bond acceptors (Lipinski definition) is 4. The maximum Gasteiger partial charge on any atom is 0.0686 e. The molecule has 4 nitrogen and oxygen atoms in total. The Morgan fingerprint density at radius 1 is 0.618 bits per heavy atom. The van der Waals surface area contributed by atoms with E-state index < -0.39 is 17.1 Å². The highest BCUT2D eigenvalue weighted by Gasteiger charge is 2.67. The van der Waals surface area contributed by atoms with Gasteiger partial charge in [-0.2, -0.15) is 0 Å². The molecule has 5 saturated carbocycles. The SMILES string of the molecule is CC1(C)[C@@H](O)CC[C@]2(C)[C@@H]3CC[C@H]4[C@](O)(CC[C@@H]5[C@]4(C)CC[C@H](O)[C@]5(C)CO)C[C@]3(C)CC[C@@H]12. The first kappa shape index (κ1) is 25.5. The van der Waals surface area contributed by atoms with Crippen molar-refractivity contribution in [3.63, 3.8) is 0 Å². The second-order valence-electron chi connectivity index (χ2n) is 15.4. The molecule has 0 saturated heterocycles. The van der Waals surface area contributed by atoms with Gasteiger partial charge in [0.1, 0.15) is 0 Å². The van der Waals surface area contributed by atoms with E-state index in [1.54, 1.807) is 0 Å². The van der Waals surface area contributed by atoms with E-state index in [2.05, 4.69) is 41.5 Å². The van der Waals surface area contributed by atoms with Gasteiger partial charge in [0.05, 0.1) is 24.4 Å². The zero-order valence-electron chi connectivity index (χ0n) is 22.7. The molecule has 0 aromatic carbocycles. The summed E-state index contributed by atoms with van der Waals surface area (Å²) in [6.07, 6.45) is 10.1. The minimum atomic E-state index is -0.652. The highest BCUT2D eigenvalue weighted by Crippen LogP contribution is 2.71. The van der Waals surface area contributed by atoms with Crippen molar-refractivity contribution in [3.05, 3.63) is 0 Å². The van der Waals surface area contributed by atoms with Crippen molar-refractivity contribution >= 4 is 0 Å². The first-order valence-electron chi connectivity index (χ1n) is 14.4. The molecular formula is C30H52O4. The topological polar surface area (TPSA) is 80.9 Å². The maximum absolute atomic E-state index is 12.4. The van der Waals surface area contributed by atoms with Crippen LogP contribution < -0.4 is 0 Å². The van der Waals surface area contributed by atoms with Gasteiger partial charge in [-0.1, -0.05) is 41.5 Å². The molecule has 0 radical (unpaired) electrons. The third-order valence-electron chi connectivity index (χ3n) is 13.6. The van der Waals surface area contributed by atoms with Crippen LogP contribution in [0.2, 0.25) is 0 Å². The van der Waals surface area contributed by atoms with E-state index >= 15 is 0 Å². The van der Waals surface area contributed by atoms with Crippen molar-refractivity contribution in [2.45, 2.75) is 130 Å². The largest absolute Gasteiger partial charge is 0.396 e. The van der Waals surface area contributed by atoms with Gasteiger partial charge in [0.15, 0.2) is 0 Å². The molecule has 0 heterocycles. The van der Waals surface area contributed by atoms with Crippen molar-refractivity contribution < 1.29 is 20.4 Å². The molecule has 0 amide bonds. The Morgan fingerprint density at radius 3 is 1.82 bits per heavy atom. The molecule has 0 bridgehead atoms. The van der Waals surface area contributed by atoms with Crippen LogP contribution in [0.1, 0.15) is 112 Å². The fraction of sp³-hybridized carbons (Fsp3) is 1.00. The zero-order valence-corrected chi connectivity index (χ0v) is 22.7. The van der Waals surface area contributed by atoms with Gasteiger partial charge in [0, 0.05) is 5.41 Å². The molecule has 0 unspecified atom stereocenters. The summed E-state index contributed by atoms with van der Waals surface area (Å²) in [4.78, 5) is 0. The summed E-state index contributed by atoms with van der Waals surface area (Å²) < 4.78 is 0. The van der Waals surface area contributed by atoms with Crippen LogP contribution in [-0.4, -0.2) is 44.8 Å². The van der Waals surface area contributed by atoms with E-state index in [1.807, 2.05) is 0 Å². The number of rotatable bonds is 1. The zero-order chi connectivity index (χ0) is 24.9. The number of aliphatic hydroxyl groups is 4. The Bertz CT molecular complexity index is 812. The Kier molecular flexibility index (Phi) is 5.76. The lowest BCUT2D eigenvalue weighted by molar-refractivity contribution is -0.222. The molecule has 196 valence electrons. The third-order valence-corrected chi connectivity index (χ3v) is 13.6.